The molecule has 1 aromatic rings. The van der Waals surface area contributed by atoms with Crippen molar-refractivity contribution in [3.8, 4) is 0 Å². The van der Waals surface area contributed by atoms with E-state index in [4.69, 9.17) is 4.42 Å². The molecule has 3 heteroatoms. The lowest BCUT2D eigenvalue weighted by Crippen LogP contribution is -2.32. The summed E-state index contributed by atoms with van der Waals surface area (Å²) in [7, 11) is 1.99. The van der Waals surface area contributed by atoms with E-state index in [1.165, 1.54) is 25.9 Å². The Bertz CT molecular complexity index is 252. The van der Waals surface area contributed by atoms with Gasteiger partial charge in [0.2, 0.25) is 0 Å². The molecule has 0 radical (unpaired) electrons. The zero-order valence-corrected chi connectivity index (χ0v) is 8.70. The fourth-order valence-electron chi connectivity index (χ4n) is 2.14. The van der Waals surface area contributed by atoms with E-state index in [9.17, 15) is 0 Å². The van der Waals surface area contributed by atoms with Gasteiger partial charge in [0.25, 0.3) is 0 Å². The molecule has 1 aliphatic heterocycles. The molecule has 3 nitrogen and oxygen atoms in total. The van der Waals surface area contributed by atoms with E-state index in [1.807, 2.05) is 13.1 Å². The average Bonchev–Trinajstić information content (AvgIpc) is 2.87. The molecule has 1 saturated heterocycles. The molecular weight excluding hydrogens is 176 g/mol. The summed E-state index contributed by atoms with van der Waals surface area (Å²) in [6.45, 7) is 3.37. The zero-order valence-electron chi connectivity index (χ0n) is 8.70. The van der Waals surface area contributed by atoms with Gasteiger partial charge in [-0.2, -0.15) is 0 Å². The number of furan rings is 1. The SMILES string of the molecule is CNCC(c1ccco1)N1CCCC1. The minimum atomic E-state index is 0.414. The van der Waals surface area contributed by atoms with Crippen LogP contribution >= 0.6 is 0 Å². The second-order valence-electron chi connectivity index (χ2n) is 3.83. The summed E-state index contributed by atoms with van der Waals surface area (Å²) in [5, 5.41) is 3.23. The molecule has 2 heterocycles. The molecule has 0 amide bonds. The van der Waals surface area contributed by atoms with Gasteiger partial charge in [-0.1, -0.05) is 0 Å². The van der Waals surface area contributed by atoms with Gasteiger partial charge >= 0.3 is 0 Å². The highest BCUT2D eigenvalue weighted by Crippen LogP contribution is 2.24. The second-order valence-corrected chi connectivity index (χ2v) is 3.83. The first-order valence-electron chi connectivity index (χ1n) is 5.34. The van der Waals surface area contributed by atoms with Crippen molar-refractivity contribution in [2.45, 2.75) is 18.9 Å². The molecule has 14 heavy (non-hydrogen) atoms. The van der Waals surface area contributed by atoms with E-state index in [0.29, 0.717) is 6.04 Å². The molecular formula is C11H18N2O. The minimum Gasteiger partial charge on any atom is -0.468 e. The van der Waals surface area contributed by atoms with Crippen molar-refractivity contribution in [3.63, 3.8) is 0 Å². The summed E-state index contributed by atoms with van der Waals surface area (Å²) in [5.74, 6) is 1.08. The number of nitrogens with zero attached hydrogens (tertiary/aromatic N) is 1. The number of likely N-dealkylation sites (tertiary alicyclic amines) is 1. The van der Waals surface area contributed by atoms with Crippen molar-refractivity contribution in [2.75, 3.05) is 26.7 Å². The van der Waals surface area contributed by atoms with Crippen LogP contribution in [0.3, 0.4) is 0 Å². The van der Waals surface area contributed by atoms with E-state index in [2.05, 4.69) is 16.3 Å². The number of nitrogens with one attached hydrogen (secondary N) is 1. The summed E-state index contributed by atoms with van der Waals surface area (Å²) >= 11 is 0. The van der Waals surface area contributed by atoms with Crippen LogP contribution in [0.5, 0.6) is 0 Å². The smallest absolute Gasteiger partial charge is 0.122 e. The predicted molar refractivity (Wildman–Crippen MR) is 56.2 cm³/mol. The maximum atomic E-state index is 5.48. The Balaban J connectivity index is 2.06. The van der Waals surface area contributed by atoms with Crippen molar-refractivity contribution >= 4 is 0 Å². The third kappa shape index (κ3) is 1.99. The highest BCUT2D eigenvalue weighted by atomic mass is 16.3. The Morgan fingerprint density at radius 2 is 2.29 bits per heavy atom. The third-order valence-corrected chi connectivity index (χ3v) is 2.85. The van der Waals surface area contributed by atoms with Crippen LogP contribution in [0.1, 0.15) is 24.6 Å². The maximum absolute atomic E-state index is 5.48. The van der Waals surface area contributed by atoms with Gasteiger partial charge in [0.15, 0.2) is 0 Å². The van der Waals surface area contributed by atoms with Crippen molar-refractivity contribution < 1.29 is 4.42 Å². The molecule has 1 aliphatic rings. The van der Waals surface area contributed by atoms with E-state index in [-0.39, 0.29) is 0 Å². The first-order chi connectivity index (χ1) is 6.92. The van der Waals surface area contributed by atoms with Gasteiger partial charge in [0.05, 0.1) is 12.3 Å². The Hall–Kier alpha value is -0.800. The van der Waals surface area contributed by atoms with Crippen LogP contribution in [0.2, 0.25) is 0 Å². The molecule has 0 saturated carbocycles. The van der Waals surface area contributed by atoms with Crippen LogP contribution < -0.4 is 5.32 Å². The summed E-state index contributed by atoms with van der Waals surface area (Å²) in [5.41, 5.74) is 0. The second kappa shape index (κ2) is 4.62. The molecule has 0 bridgehead atoms. The topological polar surface area (TPSA) is 28.4 Å². The lowest BCUT2D eigenvalue weighted by atomic mass is 10.2. The molecule has 2 rings (SSSR count). The fraction of sp³-hybridized carbons (Fsp3) is 0.636. The first kappa shape index (κ1) is 9.74. The molecule has 0 spiro atoms. The summed E-state index contributed by atoms with van der Waals surface area (Å²) in [6, 6.07) is 4.45. The zero-order chi connectivity index (χ0) is 9.80. The number of likely N-dealkylation sites (N-methyl/N-ethyl adjacent to an activating group) is 1. The van der Waals surface area contributed by atoms with Crippen molar-refractivity contribution in [1.82, 2.24) is 10.2 Å². The van der Waals surface area contributed by atoms with Crippen LogP contribution in [0.4, 0.5) is 0 Å². The highest BCUT2D eigenvalue weighted by Gasteiger charge is 2.24. The van der Waals surface area contributed by atoms with E-state index in [1.54, 1.807) is 6.26 Å². The van der Waals surface area contributed by atoms with Crippen LogP contribution in [0.25, 0.3) is 0 Å². The number of hydrogen-bond donors (Lipinski definition) is 1. The first-order valence-corrected chi connectivity index (χ1v) is 5.34. The van der Waals surface area contributed by atoms with E-state index < -0.39 is 0 Å². The van der Waals surface area contributed by atoms with E-state index >= 15 is 0 Å². The molecule has 1 fully saturated rings. The summed E-state index contributed by atoms with van der Waals surface area (Å²) in [6.07, 6.45) is 4.40. The van der Waals surface area contributed by atoms with Gasteiger partial charge in [0, 0.05) is 6.54 Å². The van der Waals surface area contributed by atoms with Gasteiger partial charge < -0.3 is 9.73 Å². The van der Waals surface area contributed by atoms with Crippen LogP contribution in [0, 0.1) is 0 Å². The molecule has 1 atom stereocenters. The van der Waals surface area contributed by atoms with Crippen molar-refractivity contribution in [3.05, 3.63) is 24.2 Å². The Morgan fingerprint density at radius 3 is 2.86 bits per heavy atom. The highest BCUT2D eigenvalue weighted by molar-refractivity contribution is 5.06. The normalized spacial score (nSPS) is 20.1. The van der Waals surface area contributed by atoms with E-state index in [0.717, 1.165) is 12.3 Å². The maximum Gasteiger partial charge on any atom is 0.122 e. The van der Waals surface area contributed by atoms with Gasteiger partial charge in [0.1, 0.15) is 5.76 Å². The molecule has 1 unspecified atom stereocenters. The van der Waals surface area contributed by atoms with Crippen LogP contribution in [-0.2, 0) is 0 Å². The van der Waals surface area contributed by atoms with Crippen LogP contribution in [-0.4, -0.2) is 31.6 Å². The average molecular weight is 194 g/mol. The minimum absolute atomic E-state index is 0.414. The van der Waals surface area contributed by atoms with Gasteiger partial charge in [-0.05, 0) is 45.1 Å². The van der Waals surface area contributed by atoms with Crippen LogP contribution in [0.15, 0.2) is 22.8 Å². The Labute approximate surface area is 85.1 Å². The standard InChI is InChI=1S/C11H18N2O/c1-12-9-10(11-5-4-8-14-11)13-6-2-3-7-13/h4-5,8,10,12H,2-3,6-7,9H2,1H3. The Kier molecular flexibility index (Phi) is 3.22. The monoisotopic (exact) mass is 194 g/mol. The summed E-state index contributed by atoms with van der Waals surface area (Å²) in [4.78, 5) is 2.50. The number of hydrogen-bond acceptors (Lipinski definition) is 3. The van der Waals surface area contributed by atoms with Gasteiger partial charge in [-0.15, -0.1) is 0 Å². The van der Waals surface area contributed by atoms with Crippen molar-refractivity contribution in [1.29, 1.82) is 0 Å². The fourth-order valence-corrected chi connectivity index (χ4v) is 2.14. The Morgan fingerprint density at radius 1 is 1.50 bits per heavy atom. The number of rotatable bonds is 4. The predicted octanol–water partition coefficient (Wildman–Crippen LogP) is 1.64. The molecule has 78 valence electrons. The van der Waals surface area contributed by atoms with Gasteiger partial charge in [-0.25, -0.2) is 0 Å². The van der Waals surface area contributed by atoms with Crippen molar-refractivity contribution in [2.24, 2.45) is 0 Å². The quantitative estimate of drug-likeness (QED) is 0.789. The molecule has 1 aromatic heterocycles. The largest absolute Gasteiger partial charge is 0.468 e. The third-order valence-electron chi connectivity index (χ3n) is 2.85. The molecule has 1 N–H and O–H groups in total. The molecule has 0 aromatic carbocycles. The van der Waals surface area contributed by atoms with Gasteiger partial charge in [-0.3, -0.25) is 4.90 Å². The lowest BCUT2D eigenvalue weighted by Gasteiger charge is -2.25. The lowest BCUT2D eigenvalue weighted by molar-refractivity contribution is 0.212. The summed E-state index contributed by atoms with van der Waals surface area (Å²) < 4.78 is 5.48. The molecule has 0 aliphatic carbocycles.